The van der Waals surface area contributed by atoms with Crippen LogP contribution in [0.2, 0.25) is 0 Å². The van der Waals surface area contributed by atoms with Crippen molar-refractivity contribution in [3.05, 3.63) is 65.2 Å². The van der Waals surface area contributed by atoms with Crippen molar-refractivity contribution in [2.75, 3.05) is 19.7 Å². The molecular weight excluding hydrogens is 420 g/mol. The number of hydrogen-bond donors (Lipinski definition) is 0. The molecule has 0 unspecified atom stereocenters. The van der Waals surface area contributed by atoms with Gasteiger partial charge in [0.1, 0.15) is 5.76 Å². The molecule has 1 saturated heterocycles. The number of fused-ring (bicyclic) bond motifs is 2. The van der Waals surface area contributed by atoms with Crippen LogP contribution in [0.1, 0.15) is 47.6 Å². The van der Waals surface area contributed by atoms with Crippen LogP contribution < -0.4 is 0 Å². The van der Waals surface area contributed by atoms with Gasteiger partial charge in [-0.3, -0.25) is 4.79 Å². The molecule has 7 heteroatoms. The van der Waals surface area contributed by atoms with Crippen molar-refractivity contribution in [2.45, 2.75) is 38.9 Å². The summed E-state index contributed by atoms with van der Waals surface area (Å²) in [5.74, 6) is 0.0436. The Morgan fingerprint density at radius 3 is 2.67 bits per heavy atom. The highest BCUT2D eigenvalue weighted by molar-refractivity contribution is 6.07. The van der Waals surface area contributed by atoms with Crippen molar-refractivity contribution in [1.29, 1.82) is 0 Å². The Morgan fingerprint density at radius 2 is 1.91 bits per heavy atom. The maximum Gasteiger partial charge on any atom is 0.339 e. The second-order valence-electron chi connectivity index (χ2n) is 8.65. The van der Waals surface area contributed by atoms with E-state index in [0.717, 1.165) is 39.9 Å². The summed E-state index contributed by atoms with van der Waals surface area (Å²) in [5, 5.41) is 0.738. The van der Waals surface area contributed by atoms with Crippen molar-refractivity contribution in [2.24, 2.45) is 0 Å². The van der Waals surface area contributed by atoms with Gasteiger partial charge in [0.05, 0.1) is 35.2 Å². The molecule has 1 aliphatic heterocycles. The lowest BCUT2D eigenvalue weighted by molar-refractivity contribution is -0.146. The van der Waals surface area contributed by atoms with Gasteiger partial charge in [-0.1, -0.05) is 18.2 Å². The highest BCUT2D eigenvalue weighted by Crippen LogP contribution is 2.37. The molecule has 2 aromatic heterocycles. The third kappa shape index (κ3) is 4.28. The van der Waals surface area contributed by atoms with Crippen LogP contribution in [-0.4, -0.2) is 53.7 Å². The average molecular weight is 447 g/mol. The molecule has 3 heterocycles. The SMILES string of the molecule is C[C@@H]1CN(C(=O)COC(=O)c2c3c(nc4ccccc24)/C(=C/c2ccco2)CC3)C[C@@H](C)O1. The van der Waals surface area contributed by atoms with E-state index in [1.54, 1.807) is 11.2 Å². The van der Waals surface area contributed by atoms with Gasteiger partial charge < -0.3 is 18.8 Å². The lowest BCUT2D eigenvalue weighted by Crippen LogP contribution is -2.49. The van der Waals surface area contributed by atoms with Crippen molar-refractivity contribution >= 4 is 34.4 Å². The molecule has 0 N–H and O–H groups in total. The molecule has 0 radical (unpaired) electrons. The summed E-state index contributed by atoms with van der Waals surface area (Å²) < 4.78 is 16.7. The van der Waals surface area contributed by atoms with Crippen LogP contribution in [0.5, 0.6) is 0 Å². The molecule has 5 rings (SSSR count). The molecule has 1 amide bonds. The summed E-state index contributed by atoms with van der Waals surface area (Å²) in [5.41, 5.74) is 3.89. The smallest absolute Gasteiger partial charge is 0.339 e. The second kappa shape index (κ2) is 8.83. The Balaban J connectivity index is 1.43. The summed E-state index contributed by atoms with van der Waals surface area (Å²) >= 11 is 0. The van der Waals surface area contributed by atoms with Crippen LogP contribution >= 0.6 is 0 Å². The minimum Gasteiger partial charge on any atom is -0.465 e. The summed E-state index contributed by atoms with van der Waals surface area (Å²) in [6.45, 7) is 4.56. The highest BCUT2D eigenvalue weighted by Gasteiger charge is 2.30. The third-order valence-corrected chi connectivity index (χ3v) is 6.10. The molecule has 2 aliphatic rings. The lowest BCUT2D eigenvalue weighted by atomic mass is 10.0. The zero-order valence-electron chi connectivity index (χ0n) is 18.7. The standard InChI is InChI=1S/C26H26N2O5/c1-16-13-28(14-17(2)33-16)23(29)15-32-26(30)24-20-7-3-4-8-22(20)27-25-18(9-10-21(24)25)12-19-6-5-11-31-19/h3-8,11-12,16-17H,9-10,13-15H2,1-2H3/b18-12+/t16-,17-/m1/s1. The number of para-hydroxylation sites is 1. The van der Waals surface area contributed by atoms with Crippen molar-refractivity contribution < 1.29 is 23.5 Å². The number of benzene rings is 1. The number of allylic oxidation sites excluding steroid dienone is 1. The molecule has 1 aliphatic carbocycles. The van der Waals surface area contributed by atoms with Gasteiger partial charge in [-0.15, -0.1) is 0 Å². The highest BCUT2D eigenvalue weighted by atomic mass is 16.5. The Morgan fingerprint density at radius 1 is 1.12 bits per heavy atom. The number of hydrogen-bond acceptors (Lipinski definition) is 6. The second-order valence-corrected chi connectivity index (χ2v) is 8.65. The molecule has 7 nitrogen and oxygen atoms in total. The first kappa shape index (κ1) is 21.4. The predicted molar refractivity (Wildman–Crippen MR) is 124 cm³/mol. The van der Waals surface area contributed by atoms with Crippen LogP contribution in [0.4, 0.5) is 0 Å². The number of aromatic nitrogens is 1. The summed E-state index contributed by atoms with van der Waals surface area (Å²) in [6.07, 6.45) is 4.94. The van der Waals surface area contributed by atoms with E-state index in [4.69, 9.17) is 18.9 Å². The number of pyridine rings is 1. The fraction of sp³-hybridized carbons (Fsp3) is 0.346. The molecule has 2 atom stereocenters. The van der Waals surface area contributed by atoms with E-state index in [9.17, 15) is 9.59 Å². The topological polar surface area (TPSA) is 81.9 Å². The first-order valence-electron chi connectivity index (χ1n) is 11.3. The van der Waals surface area contributed by atoms with Crippen LogP contribution in [-0.2, 0) is 20.7 Å². The fourth-order valence-corrected chi connectivity index (χ4v) is 4.73. The van der Waals surface area contributed by atoms with Crippen LogP contribution in [0.25, 0.3) is 22.6 Å². The van der Waals surface area contributed by atoms with Gasteiger partial charge in [0.15, 0.2) is 6.61 Å². The van der Waals surface area contributed by atoms with Crippen molar-refractivity contribution in [3.8, 4) is 0 Å². The third-order valence-electron chi connectivity index (χ3n) is 6.10. The molecule has 170 valence electrons. The zero-order chi connectivity index (χ0) is 22.9. The number of rotatable bonds is 4. The predicted octanol–water partition coefficient (Wildman–Crippen LogP) is 4.11. The number of carbonyl (C=O) groups excluding carboxylic acids is 2. The van der Waals surface area contributed by atoms with Gasteiger partial charge in [-0.05, 0) is 62.1 Å². The molecule has 0 spiro atoms. The van der Waals surface area contributed by atoms with Gasteiger partial charge in [0, 0.05) is 18.5 Å². The fourth-order valence-electron chi connectivity index (χ4n) is 4.73. The number of nitrogens with zero attached hydrogens (tertiary/aromatic N) is 2. The zero-order valence-corrected chi connectivity index (χ0v) is 18.7. The van der Waals surface area contributed by atoms with Crippen LogP contribution in [0.15, 0.2) is 47.1 Å². The quantitative estimate of drug-likeness (QED) is 0.561. The average Bonchev–Trinajstić information content (AvgIpc) is 3.45. The Labute approximate surface area is 192 Å². The Kier molecular flexibility index (Phi) is 5.72. The number of esters is 1. The van der Waals surface area contributed by atoms with Gasteiger partial charge in [-0.25, -0.2) is 9.78 Å². The van der Waals surface area contributed by atoms with E-state index in [2.05, 4.69) is 0 Å². The van der Waals surface area contributed by atoms with Gasteiger partial charge in [-0.2, -0.15) is 0 Å². The first-order chi connectivity index (χ1) is 16.0. The van der Waals surface area contributed by atoms with E-state index < -0.39 is 5.97 Å². The normalized spacial score (nSPS) is 21.4. The molecule has 1 fully saturated rings. The minimum absolute atomic E-state index is 0.0415. The molecule has 3 aromatic rings. The Hall–Kier alpha value is -3.45. The Bertz CT molecular complexity index is 1220. The van der Waals surface area contributed by atoms with Gasteiger partial charge in [0.25, 0.3) is 5.91 Å². The summed E-state index contributed by atoms with van der Waals surface area (Å²) in [4.78, 5) is 32.5. The van der Waals surface area contributed by atoms with Crippen molar-refractivity contribution in [3.63, 3.8) is 0 Å². The number of ether oxygens (including phenoxy) is 2. The number of carbonyl (C=O) groups is 2. The molecule has 33 heavy (non-hydrogen) atoms. The summed E-state index contributed by atoms with van der Waals surface area (Å²) in [7, 11) is 0. The maximum atomic E-state index is 13.3. The number of furan rings is 1. The number of morpholine rings is 1. The minimum atomic E-state index is -0.494. The number of amides is 1. The molecular formula is C26H26N2O5. The largest absolute Gasteiger partial charge is 0.465 e. The van der Waals surface area contributed by atoms with Crippen LogP contribution in [0.3, 0.4) is 0 Å². The molecule has 1 aromatic carbocycles. The van der Waals surface area contributed by atoms with E-state index in [1.807, 2.05) is 56.3 Å². The lowest BCUT2D eigenvalue weighted by Gasteiger charge is -2.35. The van der Waals surface area contributed by atoms with Crippen LogP contribution in [0, 0.1) is 0 Å². The first-order valence-corrected chi connectivity index (χ1v) is 11.3. The monoisotopic (exact) mass is 446 g/mol. The maximum absolute atomic E-state index is 13.3. The van der Waals surface area contributed by atoms with E-state index in [-0.39, 0.29) is 24.7 Å². The van der Waals surface area contributed by atoms with Crippen molar-refractivity contribution in [1.82, 2.24) is 9.88 Å². The van der Waals surface area contributed by atoms with Gasteiger partial charge >= 0.3 is 5.97 Å². The van der Waals surface area contributed by atoms with E-state index >= 15 is 0 Å². The molecule has 0 bridgehead atoms. The van der Waals surface area contributed by atoms with Gasteiger partial charge in [0.2, 0.25) is 0 Å². The summed E-state index contributed by atoms with van der Waals surface area (Å²) in [6, 6.07) is 11.3. The van der Waals surface area contributed by atoms with E-state index in [1.165, 1.54) is 0 Å². The molecule has 0 saturated carbocycles. The van der Waals surface area contributed by atoms with E-state index in [0.29, 0.717) is 25.1 Å².